The van der Waals surface area contributed by atoms with Gasteiger partial charge in [0.15, 0.2) is 0 Å². The van der Waals surface area contributed by atoms with Crippen molar-refractivity contribution in [1.29, 1.82) is 0 Å². The average Bonchev–Trinajstić information content (AvgIpc) is 2.47. The summed E-state index contributed by atoms with van der Waals surface area (Å²) in [7, 11) is 0. The molecule has 0 aromatic heterocycles. The molecule has 2 nitrogen and oxygen atoms in total. The van der Waals surface area contributed by atoms with E-state index in [2.05, 4.69) is 35.6 Å². The van der Waals surface area contributed by atoms with Crippen LogP contribution in [-0.2, 0) is 4.74 Å². The van der Waals surface area contributed by atoms with Crippen molar-refractivity contribution in [2.75, 3.05) is 19.8 Å². The van der Waals surface area contributed by atoms with Crippen LogP contribution in [0, 0.1) is 0 Å². The summed E-state index contributed by atoms with van der Waals surface area (Å²) in [4.78, 5) is 0. The Labute approximate surface area is 91.1 Å². The predicted molar refractivity (Wildman–Crippen MR) is 59.9 cm³/mol. The van der Waals surface area contributed by atoms with Crippen LogP contribution < -0.4 is 5.32 Å². The standard InChI is InChI=1S/C11H15NO.ClH/c1-2-4-10(5-3-1)11-6-8-13-9-7-12-11;/h1-5,11-12H,6-9H2;1H. The molecule has 1 aliphatic heterocycles. The molecule has 3 heteroatoms. The van der Waals surface area contributed by atoms with Gasteiger partial charge in [-0.25, -0.2) is 0 Å². The summed E-state index contributed by atoms with van der Waals surface area (Å²) < 4.78 is 5.38. The van der Waals surface area contributed by atoms with Gasteiger partial charge in [0.2, 0.25) is 0 Å². The van der Waals surface area contributed by atoms with E-state index >= 15 is 0 Å². The number of hydrogen-bond donors (Lipinski definition) is 1. The van der Waals surface area contributed by atoms with Crippen molar-refractivity contribution >= 4 is 12.4 Å². The van der Waals surface area contributed by atoms with E-state index in [1.165, 1.54) is 5.56 Å². The van der Waals surface area contributed by atoms with Crippen LogP contribution in [0.4, 0.5) is 0 Å². The van der Waals surface area contributed by atoms with E-state index in [9.17, 15) is 0 Å². The molecule has 1 aliphatic rings. The van der Waals surface area contributed by atoms with Gasteiger partial charge in [-0.2, -0.15) is 0 Å². The van der Waals surface area contributed by atoms with E-state index in [4.69, 9.17) is 4.74 Å². The molecule has 0 amide bonds. The van der Waals surface area contributed by atoms with Gasteiger partial charge < -0.3 is 10.1 Å². The lowest BCUT2D eigenvalue weighted by molar-refractivity contribution is 0.150. The zero-order valence-corrected chi connectivity index (χ0v) is 8.93. The molecule has 1 unspecified atom stereocenters. The molecule has 0 radical (unpaired) electrons. The minimum atomic E-state index is 0. The molecule has 1 aromatic carbocycles. The van der Waals surface area contributed by atoms with E-state index in [1.807, 2.05) is 0 Å². The largest absolute Gasteiger partial charge is 0.380 e. The average molecular weight is 214 g/mol. The lowest BCUT2D eigenvalue weighted by atomic mass is 10.0. The second-order valence-corrected chi connectivity index (χ2v) is 3.32. The summed E-state index contributed by atoms with van der Waals surface area (Å²) in [5.41, 5.74) is 1.37. The van der Waals surface area contributed by atoms with Crippen molar-refractivity contribution in [3.63, 3.8) is 0 Å². The Morgan fingerprint density at radius 3 is 2.71 bits per heavy atom. The number of nitrogens with one attached hydrogen (secondary N) is 1. The number of halogens is 1. The highest BCUT2D eigenvalue weighted by molar-refractivity contribution is 5.85. The number of rotatable bonds is 1. The van der Waals surface area contributed by atoms with Gasteiger partial charge in [-0.3, -0.25) is 0 Å². The third-order valence-electron chi connectivity index (χ3n) is 2.39. The van der Waals surface area contributed by atoms with E-state index < -0.39 is 0 Å². The molecule has 0 bridgehead atoms. The molecule has 1 fully saturated rings. The van der Waals surface area contributed by atoms with Crippen molar-refractivity contribution in [3.8, 4) is 0 Å². The molecular formula is C11H16ClNO. The van der Waals surface area contributed by atoms with Crippen molar-refractivity contribution in [3.05, 3.63) is 35.9 Å². The minimum Gasteiger partial charge on any atom is -0.380 e. The molecule has 14 heavy (non-hydrogen) atoms. The maximum atomic E-state index is 5.38. The summed E-state index contributed by atoms with van der Waals surface area (Å²) in [6, 6.07) is 11.0. The summed E-state index contributed by atoms with van der Waals surface area (Å²) >= 11 is 0. The Kier molecular flexibility index (Phi) is 4.94. The normalized spacial score (nSPS) is 22.1. The first-order valence-electron chi connectivity index (χ1n) is 4.83. The van der Waals surface area contributed by atoms with Crippen LogP contribution in [0.5, 0.6) is 0 Å². The van der Waals surface area contributed by atoms with Crippen LogP contribution >= 0.6 is 12.4 Å². The minimum absolute atomic E-state index is 0. The number of ether oxygens (including phenoxy) is 1. The van der Waals surface area contributed by atoms with Crippen molar-refractivity contribution in [2.24, 2.45) is 0 Å². The first kappa shape index (κ1) is 11.5. The maximum absolute atomic E-state index is 5.38. The van der Waals surface area contributed by atoms with Gasteiger partial charge in [-0.15, -0.1) is 12.4 Å². The van der Waals surface area contributed by atoms with Gasteiger partial charge in [-0.1, -0.05) is 30.3 Å². The van der Waals surface area contributed by atoms with Crippen LogP contribution in [0.1, 0.15) is 18.0 Å². The SMILES string of the molecule is Cl.c1ccc(C2CCOCCN2)cc1. The smallest absolute Gasteiger partial charge is 0.0591 e. The third kappa shape index (κ3) is 2.98. The topological polar surface area (TPSA) is 21.3 Å². The molecule has 0 aliphatic carbocycles. The molecule has 1 aromatic rings. The quantitative estimate of drug-likeness (QED) is 0.772. The highest BCUT2D eigenvalue weighted by atomic mass is 35.5. The monoisotopic (exact) mass is 213 g/mol. The van der Waals surface area contributed by atoms with Gasteiger partial charge in [0.25, 0.3) is 0 Å². The van der Waals surface area contributed by atoms with Gasteiger partial charge in [0, 0.05) is 19.2 Å². The lowest BCUT2D eigenvalue weighted by Gasteiger charge is -2.14. The lowest BCUT2D eigenvalue weighted by Crippen LogP contribution is -2.21. The summed E-state index contributed by atoms with van der Waals surface area (Å²) in [6.07, 6.45) is 1.07. The van der Waals surface area contributed by atoms with E-state index in [0.717, 1.165) is 26.2 Å². The number of hydrogen-bond acceptors (Lipinski definition) is 2. The van der Waals surface area contributed by atoms with Crippen molar-refractivity contribution < 1.29 is 4.74 Å². The molecular weight excluding hydrogens is 198 g/mol. The molecule has 2 rings (SSSR count). The molecule has 0 spiro atoms. The second kappa shape index (κ2) is 6.02. The number of benzene rings is 1. The van der Waals surface area contributed by atoms with Crippen LogP contribution in [-0.4, -0.2) is 19.8 Å². The predicted octanol–water partition coefficient (Wildman–Crippen LogP) is 2.16. The van der Waals surface area contributed by atoms with E-state index in [1.54, 1.807) is 0 Å². The molecule has 1 N–H and O–H groups in total. The fourth-order valence-electron chi connectivity index (χ4n) is 1.68. The maximum Gasteiger partial charge on any atom is 0.0591 e. The van der Waals surface area contributed by atoms with Gasteiger partial charge in [0.1, 0.15) is 0 Å². The fraction of sp³-hybridized carbons (Fsp3) is 0.455. The van der Waals surface area contributed by atoms with Crippen LogP contribution in [0.3, 0.4) is 0 Å². The zero-order valence-electron chi connectivity index (χ0n) is 8.11. The van der Waals surface area contributed by atoms with Gasteiger partial charge in [-0.05, 0) is 12.0 Å². The molecule has 1 saturated heterocycles. The van der Waals surface area contributed by atoms with Crippen molar-refractivity contribution in [2.45, 2.75) is 12.5 Å². The van der Waals surface area contributed by atoms with Crippen LogP contribution in [0.25, 0.3) is 0 Å². The van der Waals surface area contributed by atoms with Crippen LogP contribution in [0.15, 0.2) is 30.3 Å². The third-order valence-corrected chi connectivity index (χ3v) is 2.39. The highest BCUT2D eigenvalue weighted by Gasteiger charge is 2.12. The Morgan fingerprint density at radius 2 is 1.93 bits per heavy atom. The summed E-state index contributed by atoms with van der Waals surface area (Å²) in [5.74, 6) is 0. The molecule has 78 valence electrons. The first-order chi connectivity index (χ1) is 6.47. The molecule has 1 heterocycles. The van der Waals surface area contributed by atoms with Crippen LogP contribution in [0.2, 0.25) is 0 Å². The highest BCUT2D eigenvalue weighted by Crippen LogP contribution is 2.17. The first-order valence-corrected chi connectivity index (χ1v) is 4.83. The van der Waals surface area contributed by atoms with E-state index in [0.29, 0.717) is 6.04 Å². The zero-order chi connectivity index (χ0) is 8.93. The molecule has 0 saturated carbocycles. The summed E-state index contributed by atoms with van der Waals surface area (Å²) in [5, 5.41) is 3.47. The van der Waals surface area contributed by atoms with Gasteiger partial charge >= 0.3 is 0 Å². The Hall–Kier alpha value is -0.570. The van der Waals surface area contributed by atoms with Gasteiger partial charge in [0.05, 0.1) is 6.61 Å². The Morgan fingerprint density at radius 1 is 1.14 bits per heavy atom. The van der Waals surface area contributed by atoms with E-state index in [-0.39, 0.29) is 12.4 Å². The summed E-state index contributed by atoms with van der Waals surface area (Å²) in [6.45, 7) is 2.66. The molecule has 1 atom stereocenters. The fourth-order valence-corrected chi connectivity index (χ4v) is 1.68. The Bertz CT molecular complexity index is 245. The second-order valence-electron chi connectivity index (χ2n) is 3.32. The van der Waals surface area contributed by atoms with Crippen molar-refractivity contribution in [1.82, 2.24) is 5.32 Å². The Balaban J connectivity index is 0.000000980.